The van der Waals surface area contributed by atoms with Gasteiger partial charge in [-0.25, -0.2) is 8.42 Å². The van der Waals surface area contributed by atoms with E-state index in [1.807, 2.05) is 6.07 Å². The van der Waals surface area contributed by atoms with Crippen LogP contribution in [0.15, 0.2) is 52.0 Å². The van der Waals surface area contributed by atoms with Gasteiger partial charge in [0.15, 0.2) is 0 Å². The van der Waals surface area contributed by atoms with Crippen LogP contribution < -0.4 is 0 Å². The highest BCUT2D eigenvalue weighted by molar-refractivity contribution is 7.89. The molecule has 0 radical (unpaired) electrons. The van der Waals surface area contributed by atoms with Crippen molar-refractivity contribution in [3.8, 4) is 0 Å². The molecular weight excluding hydrogens is 352 g/mol. The van der Waals surface area contributed by atoms with E-state index >= 15 is 0 Å². The van der Waals surface area contributed by atoms with Crippen LogP contribution in [0.3, 0.4) is 0 Å². The molecule has 1 fully saturated rings. The Kier molecular flexibility index (Phi) is 5.78. The van der Waals surface area contributed by atoms with Gasteiger partial charge in [-0.05, 0) is 42.7 Å². The standard InChI is InChI=1S/C19H24N2O4S/c1-20(15-17-6-5-13-25-17)19(22)14-16-7-9-18(10-8-16)26(23,24)21-11-3-2-4-12-21/h5-10,13H,2-4,11-12,14-15H2,1H3. The van der Waals surface area contributed by atoms with Gasteiger partial charge in [0, 0.05) is 20.1 Å². The number of furan rings is 1. The number of sulfonamides is 1. The number of carbonyl (C=O) groups excluding carboxylic acids is 1. The van der Waals surface area contributed by atoms with Gasteiger partial charge in [0.1, 0.15) is 5.76 Å². The lowest BCUT2D eigenvalue weighted by molar-refractivity contribution is -0.129. The first-order valence-corrected chi connectivity index (χ1v) is 10.3. The number of piperidine rings is 1. The fraction of sp³-hybridized carbons (Fsp3) is 0.421. The molecule has 1 saturated heterocycles. The largest absolute Gasteiger partial charge is 0.467 e. The number of rotatable bonds is 6. The predicted octanol–water partition coefficient (Wildman–Crippen LogP) is 2.66. The van der Waals surface area contributed by atoms with Gasteiger partial charge in [0.05, 0.1) is 24.1 Å². The summed E-state index contributed by atoms with van der Waals surface area (Å²) in [4.78, 5) is 14.2. The Labute approximate surface area is 154 Å². The van der Waals surface area contributed by atoms with E-state index in [4.69, 9.17) is 4.42 Å². The van der Waals surface area contributed by atoms with Crippen LogP contribution in [0, 0.1) is 0 Å². The average Bonchev–Trinajstić information content (AvgIpc) is 3.16. The number of hydrogen-bond acceptors (Lipinski definition) is 4. The van der Waals surface area contributed by atoms with Crippen molar-refractivity contribution >= 4 is 15.9 Å². The molecule has 140 valence electrons. The molecule has 1 amide bonds. The molecule has 1 aromatic heterocycles. The minimum Gasteiger partial charge on any atom is -0.467 e. The van der Waals surface area contributed by atoms with Crippen molar-refractivity contribution in [1.29, 1.82) is 0 Å². The molecule has 2 aromatic rings. The molecule has 1 aliphatic heterocycles. The predicted molar refractivity (Wildman–Crippen MR) is 97.9 cm³/mol. The maximum atomic E-state index is 12.6. The van der Waals surface area contributed by atoms with Crippen LogP contribution in [0.5, 0.6) is 0 Å². The van der Waals surface area contributed by atoms with E-state index in [0.717, 1.165) is 30.6 Å². The summed E-state index contributed by atoms with van der Waals surface area (Å²) in [5, 5.41) is 0. The quantitative estimate of drug-likeness (QED) is 0.777. The third-order valence-electron chi connectivity index (χ3n) is 4.63. The first-order chi connectivity index (χ1) is 12.5. The van der Waals surface area contributed by atoms with Crippen LogP contribution in [0.2, 0.25) is 0 Å². The highest BCUT2D eigenvalue weighted by atomic mass is 32.2. The Morgan fingerprint density at radius 2 is 1.81 bits per heavy atom. The summed E-state index contributed by atoms with van der Waals surface area (Å²) in [6.45, 7) is 1.58. The van der Waals surface area contributed by atoms with Crippen molar-refractivity contribution in [3.05, 3.63) is 54.0 Å². The summed E-state index contributed by atoms with van der Waals surface area (Å²) in [5.41, 5.74) is 0.791. The Hall–Kier alpha value is -2.12. The number of likely N-dealkylation sites (N-methyl/N-ethyl adjacent to an activating group) is 1. The van der Waals surface area contributed by atoms with E-state index < -0.39 is 10.0 Å². The van der Waals surface area contributed by atoms with Crippen molar-refractivity contribution in [3.63, 3.8) is 0 Å². The van der Waals surface area contributed by atoms with E-state index in [-0.39, 0.29) is 12.3 Å². The summed E-state index contributed by atoms with van der Waals surface area (Å²) in [5.74, 6) is 0.678. The molecule has 0 atom stereocenters. The van der Waals surface area contributed by atoms with Gasteiger partial charge in [-0.2, -0.15) is 4.31 Å². The molecule has 1 aromatic carbocycles. The number of amides is 1. The monoisotopic (exact) mass is 376 g/mol. The fourth-order valence-corrected chi connectivity index (χ4v) is 4.58. The number of hydrogen-bond donors (Lipinski definition) is 0. The van der Waals surface area contributed by atoms with Gasteiger partial charge in [-0.3, -0.25) is 4.79 Å². The molecule has 6 nitrogen and oxygen atoms in total. The Morgan fingerprint density at radius 1 is 1.12 bits per heavy atom. The average molecular weight is 376 g/mol. The first-order valence-electron chi connectivity index (χ1n) is 8.82. The lowest BCUT2D eigenvalue weighted by atomic mass is 10.1. The Morgan fingerprint density at radius 3 is 2.42 bits per heavy atom. The molecule has 0 saturated carbocycles. The lowest BCUT2D eigenvalue weighted by Crippen LogP contribution is -2.35. The van der Waals surface area contributed by atoms with Crippen LogP contribution in [0.4, 0.5) is 0 Å². The number of nitrogens with zero attached hydrogens (tertiary/aromatic N) is 2. The van der Waals surface area contributed by atoms with E-state index in [1.165, 1.54) is 0 Å². The van der Waals surface area contributed by atoms with Crippen LogP contribution in [-0.4, -0.2) is 43.7 Å². The molecule has 0 unspecified atom stereocenters. The van der Waals surface area contributed by atoms with Crippen molar-refractivity contribution in [2.45, 2.75) is 37.1 Å². The zero-order chi connectivity index (χ0) is 18.6. The van der Waals surface area contributed by atoms with Crippen molar-refractivity contribution in [2.24, 2.45) is 0 Å². The SMILES string of the molecule is CN(Cc1ccco1)C(=O)Cc1ccc(S(=O)(=O)N2CCCCC2)cc1. The van der Waals surface area contributed by atoms with E-state index in [0.29, 0.717) is 24.5 Å². The molecule has 0 aliphatic carbocycles. The van der Waals surface area contributed by atoms with Crippen molar-refractivity contribution in [1.82, 2.24) is 9.21 Å². The molecule has 1 aliphatic rings. The maximum Gasteiger partial charge on any atom is 0.243 e. The lowest BCUT2D eigenvalue weighted by Gasteiger charge is -2.25. The smallest absolute Gasteiger partial charge is 0.243 e. The van der Waals surface area contributed by atoms with Gasteiger partial charge in [-0.1, -0.05) is 18.6 Å². The number of benzene rings is 1. The molecule has 0 spiro atoms. The van der Waals surface area contributed by atoms with Gasteiger partial charge in [0.25, 0.3) is 0 Å². The molecule has 0 N–H and O–H groups in total. The second-order valence-electron chi connectivity index (χ2n) is 6.61. The Balaban J connectivity index is 1.62. The van der Waals surface area contributed by atoms with Crippen LogP contribution in [-0.2, 0) is 27.8 Å². The molecular formula is C19H24N2O4S. The van der Waals surface area contributed by atoms with Gasteiger partial charge in [-0.15, -0.1) is 0 Å². The second kappa shape index (κ2) is 8.05. The van der Waals surface area contributed by atoms with Crippen LogP contribution >= 0.6 is 0 Å². The van der Waals surface area contributed by atoms with Gasteiger partial charge < -0.3 is 9.32 Å². The van der Waals surface area contributed by atoms with Crippen molar-refractivity contribution in [2.75, 3.05) is 20.1 Å². The third kappa shape index (κ3) is 4.34. The van der Waals surface area contributed by atoms with Gasteiger partial charge in [0.2, 0.25) is 15.9 Å². The van der Waals surface area contributed by atoms with Crippen LogP contribution in [0.1, 0.15) is 30.6 Å². The Bertz CT molecular complexity index is 823. The molecule has 26 heavy (non-hydrogen) atoms. The zero-order valence-corrected chi connectivity index (χ0v) is 15.7. The molecule has 3 rings (SSSR count). The molecule has 0 bridgehead atoms. The number of carbonyl (C=O) groups is 1. The first kappa shape index (κ1) is 18.7. The van der Waals surface area contributed by atoms with Crippen LogP contribution in [0.25, 0.3) is 0 Å². The van der Waals surface area contributed by atoms with E-state index in [1.54, 1.807) is 52.8 Å². The van der Waals surface area contributed by atoms with Gasteiger partial charge >= 0.3 is 0 Å². The highest BCUT2D eigenvalue weighted by Crippen LogP contribution is 2.21. The minimum atomic E-state index is -3.43. The summed E-state index contributed by atoms with van der Waals surface area (Å²) in [6, 6.07) is 10.2. The second-order valence-corrected chi connectivity index (χ2v) is 8.55. The fourth-order valence-electron chi connectivity index (χ4n) is 3.07. The maximum absolute atomic E-state index is 12.6. The molecule has 7 heteroatoms. The summed E-state index contributed by atoms with van der Waals surface area (Å²) < 4.78 is 32.1. The highest BCUT2D eigenvalue weighted by Gasteiger charge is 2.25. The normalized spacial score (nSPS) is 15.7. The van der Waals surface area contributed by atoms with E-state index in [2.05, 4.69) is 0 Å². The minimum absolute atomic E-state index is 0.0481. The summed E-state index contributed by atoms with van der Waals surface area (Å²) in [7, 11) is -1.71. The topological polar surface area (TPSA) is 70.8 Å². The van der Waals surface area contributed by atoms with E-state index in [9.17, 15) is 13.2 Å². The summed E-state index contributed by atoms with van der Waals surface area (Å²) >= 11 is 0. The third-order valence-corrected chi connectivity index (χ3v) is 6.54. The van der Waals surface area contributed by atoms with Crippen molar-refractivity contribution < 1.29 is 17.6 Å². The summed E-state index contributed by atoms with van der Waals surface area (Å²) in [6.07, 6.45) is 4.70. The zero-order valence-electron chi connectivity index (χ0n) is 14.9. The molecule has 2 heterocycles.